The molecule has 0 unspecified atom stereocenters. The molecule has 0 atom stereocenters. The molecule has 0 aliphatic carbocycles. The van der Waals surface area contributed by atoms with E-state index in [2.05, 4.69) is 10.4 Å². The molecule has 0 bridgehead atoms. The number of rotatable bonds is 9. The van der Waals surface area contributed by atoms with Crippen LogP contribution in [0.1, 0.15) is 23.0 Å². The van der Waals surface area contributed by atoms with Crippen LogP contribution >= 0.6 is 11.6 Å². The molecule has 0 saturated heterocycles. The van der Waals surface area contributed by atoms with E-state index in [1.165, 1.54) is 0 Å². The number of aromatic nitrogens is 2. The van der Waals surface area contributed by atoms with Crippen molar-refractivity contribution in [2.45, 2.75) is 13.5 Å². The fourth-order valence-electron chi connectivity index (χ4n) is 3.43. The number of para-hydroxylation sites is 1. The predicted octanol–water partition coefficient (Wildman–Crippen LogP) is 5.74. The maximum absolute atomic E-state index is 12.6. The summed E-state index contributed by atoms with van der Waals surface area (Å²) < 4.78 is 12.7. The Bertz CT molecular complexity index is 1290. The topological polar surface area (TPSA) is 82.4 Å². The van der Waals surface area contributed by atoms with Crippen molar-refractivity contribution >= 4 is 29.2 Å². The Kier molecular flexibility index (Phi) is 7.80. The summed E-state index contributed by atoms with van der Waals surface area (Å²) >= 11 is 5.54. The van der Waals surface area contributed by atoms with Gasteiger partial charge in [-0.05, 0) is 67.1 Å². The summed E-state index contributed by atoms with van der Waals surface area (Å²) in [5, 5.41) is 7.36. The fourth-order valence-corrected chi connectivity index (χ4v) is 3.49. The molecular formula is C27H24ClN3O4. The van der Waals surface area contributed by atoms with Crippen LogP contribution in [0.4, 0.5) is 5.69 Å². The first-order valence-electron chi connectivity index (χ1n) is 11.1. The third-order valence-corrected chi connectivity index (χ3v) is 5.33. The lowest BCUT2D eigenvalue weighted by Crippen LogP contribution is -2.14. The minimum absolute atomic E-state index is 0.111. The van der Waals surface area contributed by atoms with Gasteiger partial charge >= 0.3 is 5.97 Å². The minimum Gasteiger partial charge on any atom is -0.461 e. The molecular weight excluding hydrogens is 466 g/mol. The molecule has 1 N–H and O–H groups in total. The summed E-state index contributed by atoms with van der Waals surface area (Å²) in [5.41, 5.74) is 3.38. The van der Waals surface area contributed by atoms with Crippen molar-refractivity contribution in [3.63, 3.8) is 0 Å². The number of alkyl halides is 1. The van der Waals surface area contributed by atoms with Crippen LogP contribution in [0.5, 0.6) is 11.5 Å². The fraction of sp³-hybridized carbons (Fsp3) is 0.148. The van der Waals surface area contributed by atoms with Crippen molar-refractivity contribution < 1.29 is 19.1 Å². The van der Waals surface area contributed by atoms with Gasteiger partial charge in [-0.15, -0.1) is 11.6 Å². The molecule has 4 rings (SSSR count). The first-order valence-corrected chi connectivity index (χ1v) is 11.6. The number of nitrogens with one attached hydrogen (secondary N) is 1. The average Bonchev–Trinajstić information content (AvgIpc) is 3.30. The molecule has 0 aliphatic heterocycles. The molecule has 4 aromatic rings. The van der Waals surface area contributed by atoms with E-state index >= 15 is 0 Å². The Labute approximate surface area is 208 Å². The third kappa shape index (κ3) is 6.28. The van der Waals surface area contributed by atoms with Crippen LogP contribution in [-0.2, 0) is 16.1 Å². The normalized spacial score (nSPS) is 10.6. The molecule has 1 amide bonds. The van der Waals surface area contributed by atoms with Crippen LogP contribution in [0.3, 0.4) is 0 Å². The highest BCUT2D eigenvalue weighted by Gasteiger charge is 2.18. The number of hydrogen-bond acceptors (Lipinski definition) is 5. The van der Waals surface area contributed by atoms with Gasteiger partial charge in [0, 0.05) is 11.3 Å². The first-order chi connectivity index (χ1) is 17.1. The highest BCUT2D eigenvalue weighted by molar-refractivity contribution is 6.29. The SMILES string of the molecule is CCOC(=O)c1cc(-c2ccc(Oc3ccccc3)cc2)nn1Cc1ccc(NC(=O)CCl)cc1. The summed E-state index contributed by atoms with van der Waals surface area (Å²) in [5.74, 6) is 0.621. The Hall–Kier alpha value is -4.10. The van der Waals surface area contributed by atoms with Gasteiger partial charge in [0.25, 0.3) is 0 Å². The predicted molar refractivity (Wildman–Crippen MR) is 135 cm³/mol. The lowest BCUT2D eigenvalue weighted by molar-refractivity contribution is -0.113. The van der Waals surface area contributed by atoms with E-state index in [0.717, 1.165) is 16.9 Å². The lowest BCUT2D eigenvalue weighted by Gasteiger charge is -2.08. The van der Waals surface area contributed by atoms with Gasteiger partial charge < -0.3 is 14.8 Å². The molecule has 0 spiro atoms. The van der Waals surface area contributed by atoms with Gasteiger partial charge in [0.1, 0.15) is 23.1 Å². The zero-order chi connectivity index (χ0) is 24.6. The number of anilines is 1. The van der Waals surface area contributed by atoms with Crippen LogP contribution in [0.2, 0.25) is 0 Å². The number of ether oxygens (including phenoxy) is 2. The number of nitrogens with zero attached hydrogens (tertiary/aromatic N) is 2. The number of hydrogen-bond donors (Lipinski definition) is 1. The Morgan fingerprint density at radius 2 is 1.63 bits per heavy atom. The summed E-state index contributed by atoms with van der Waals surface area (Å²) in [6, 6.07) is 26.0. The quantitative estimate of drug-likeness (QED) is 0.239. The smallest absolute Gasteiger partial charge is 0.356 e. The van der Waals surface area contributed by atoms with E-state index in [4.69, 9.17) is 21.1 Å². The maximum atomic E-state index is 12.6. The van der Waals surface area contributed by atoms with Crippen molar-refractivity contribution in [2.75, 3.05) is 17.8 Å². The van der Waals surface area contributed by atoms with Crippen molar-refractivity contribution in [3.8, 4) is 22.8 Å². The monoisotopic (exact) mass is 489 g/mol. The number of benzene rings is 3. The molecule has 35 heavy (non-hydrogen) atoms. The van der Waals surface area contributed by atoms with Gasteiger partial charge in [-0.2, -0.15) is 5.10 Å². The summed E-state index contributed by atoms with van der Waals surface area (Å²) in [7, 11) is 0. The molecule has 0 saturated carbocycles. The van der Waals surface area contributed by atoms with E-state index in [1.54, 1.807) is 29.8 Å². The number of carbonyl (C=O) groups is 2. The van der Waals surface area contributed by atoms with Gasteiger partial charge in [-0.25, -0.2) is 4.79 Å². The van der Waals surface area contributed by atoms with E-state index < -0.39 is 5.97 Å². The Morgan fingerprint density at radius 1 is 0.943 bits per heavy atom. The Morgan fingerprint density at radius 3 is 2.29 bits per heavy atom. The van der Waals surface area contributed by atoms with Gasteiger partial charge in [-0.1, -0.05) is 30.3 Å². The summed E-state index contributed by atoms with van der Waals surface area (Å²) in [6.07, 6.45) is 0. The average molecular weight is 490 g/mol. The van der Waals surface area contributed by atoms with Crippen molar-refractivity contribution in [2.24, 2.45) is 0 Å². The zero-order valence-corrected chi connectivity index (χ0v) is 19.9. The minimum atomic E-state index is -0.443. The molecule has 0 fully saturated rings. The molecule has 178 valence electrons. The third-order valence-electron chi connectivity index (χ3n) is 5.08. The number of amides is 1. The molecule has 7 nitrogen and oxygen atoms in total. The number of esters is 1. The van der Waals surface area contributed by atoms with Gasteiger partial charge in [0.2, 0.25) is 5.91 Å². The van der Waals surface area contributed by atoms with Crippen molar-refractivity contribution in [1.82, 2.24) is 9.78 Å². The molecule has 0 radical (unpaired) electrons. The first kappa shape index (κ1) is 24.0. The zero-order valence-electron chi connectivity index (χ0n) is 19.1. The lowest BCUT2D eigenvalue weighted by atomic mass is 10.1. The molecule has 1 aromatic heterocycles. The van der Waals surface area contributed by atoms with Crippen molar-refractivity contribution in [1.29, 1.82) is 0 Å². The van der Waals surface area contributed by atoms with Crippen LogP contribution in [0, 0.1) is 0 Å². The molecule has 8 heteroatoms. The standard InChI is InChI=1S/C27H24ClN3O4/c1-2-34-27(33)25-16-24(20-10-14-23(15-11-20)35-22-6-4-3-5-7-22)30-31(25)18-19-8-12-21(13-9-19)29-26(32)17-28/h3-16H,2,17-18H2,1H3,(H,29,32). The largest absolute Gasteiger partial charge is 0.461 e. The van der Waals surface area contributed by atoms with Gasteiger partial charge in [-0.3, -0.25) is 9.48 Å². The molecule has 1 heterocycles. The molecule has 3 aromatic carbocycles. The van der Waals surface area contributed by atoms with Crippen LogP contribution in [-0.4, -0.2) is 34.1 Å². The van der Waals surface area contributed by atoms with E-state index in [1.807, 2.05) is 66.7 Å². The second-order valence-corrected chi connectivity index (χ2v) is 7.88. The number of halogens is 1. The van der Waals surface area contributed by atoms with Crippen LogP contribution < -0.4 is 10.1 Å². The van der Waals surface area contributed by atoms with E-state index in [0.29, 0.717) is 29.4 Å². The summed E-state index contributed by atoms with van der Waals surface area (Å²) in [6.45, 7) is 2.38. The maximum Gasteiger partial charge on any atom is 0.356 e. The van der Waals surface area contributed by atoms with Crippen LogP contribution in [0.25, 0.3) is 11.3 Å². The number of carbonyl (C=O) groups excluding carboxylic acids is 2. The van der Waals surface area contributed by atoms with E-state index in [-0.39, 0.29) is 18.4 Å². The van der Waals surface area contributed by atoms with E-state index in [9.17, 15) is 9.59 Å². The Balaban J connectivity index is 1.55. The van der Waals surface area contributed by atoms with Crippen molar-refractivity contribution in [3.05, 3.63) is 96.2 Å². The second kappa shape index (κ2) is 11.4. The highest BCUT2D eigenvalue weighted by Crippen LogP contribution is 2.26. The second-order valence-electron chi connectivity index (χ2n) is 7.61. The molecule has 0 aliphatic rings. The van der Waals surface area contributed by atoms with Gasteiger partial charge in [0.15, 0.2) is 0 Å². The highest BCUT2D eigenvalue weighted by atomic mass is 35.5. The van der Waals surface area contributed by atoms with Crippen LogP contribution in [0.15, 0.2) is 84.9 Å². The summed E-state index contributed by atoms with van der Waals surface area (Å²) in [4.78, 5) is 24.1. The van der Waals surface area contributed by atoms with Gasteiger partial charge in [0.05, 0.1) is 18.8 Å².